The van der Waals surface area contributed by atoms with E-state index in [0.29, 0.717) is 11.6 Å². The zero-order chi connectivity index (χ0) is 10.7. The first-order valence-corrected chi connectivity index (χ1v) is 5.02. The number of rotatable bonds is 2. The van der Waals surface area contributed by atoms with Gasteiger partial charge in [-0.2, -0.15) is 4.57 Å². The molecule has 0 spiro atoms. The molecule has 0 saturated heterocycles. The predicted molar refractivity (Wildman–Crippen MR) is 56.6 cm³/mol. The average molecular weight is 220 g/mol. The normalized spacial score (nSPS) is 10.2. The smallest absolute Gasteiger partial charge is 0.187 e. The van der Waals surface area contributed by atoms with E-state index in [0.717, 1.165) is 5.56 Å². The first-order chi connectivity index (χ1) is 7.24. The van der Waals surface area contributed by atoms with Crippen molar-refractivity contribution in [3.63, 3.8) is 0 Å². The lowest BCUT2D eigenvalue weighted by molar-refractivity contribution is -0.690. The van der Waals surface area contributed by atoms with Gasteiger partial charge in [0.25, 0.3) is 0 Å². The van der Waals surface area contributed by atoms with Crippen molar-refractivity contribution >= 4 is 11.6 Å². The van der Waals surface area contributed by atoms with Crippen LogP contribution in [0.15, 0.2) is 48.8 Å². The number of halogens is 1. The fourth-order valence-electron chi connectivity index (χ4n) is 1.46. The van der Waals surface area contributed by atoms with Crippen LogP contribution in [0.3, 0.4) is 0 Å². The van der Waals surface area contributed by atoms with Crippen molar-refractivity contribution in [2.75, 3.05) is 0 Å². The van der Waals surface area contributed by atoms with Gasteiger partial charge in [-0.25, -0.2) is 0 Å². The summed E-state index contributed by atoms with van der Waals surface area (Å²) in [5.41, 5.74) is 1.14. The summed E-state index contributed by atoms with van der Waals surface area (Å²) in [5, 5.41) is 11.7. The van der Waals surface area contributed by atoms with Crippen LogP contribution < -0.4 is 9.67 Å². The van der Waals surface area contributed by atoms with Crippen molar-refractivity contribution in [2.45, 2.75) is 6.54 Å². The molecule has 0 fully saturated rings. The van der Waals surface area contributed by atoms with Gasteiger partial charge in [0.15, 0.2) is 18.9 Å². The molecule has 2 aromatic rings. The Kier molecular flexibility index (Phi) is 2.88. The van der Waals surface area contributed by atoms with Crippen LogP contribution >= 0.6 is 11.6 Å². The molecule has 0 N–H and O–H groups in total. The van der Waals surface area contributed by atoms with Crippen LogP contribution in [-0.2, 0) is 6.54 Å². The zero-order valence-corrected chi connectivity index (χ0v) is 8.82. The number of hydrogen-bond acceptors (Lipinski definition) is 1. The van der Waals surface area contributed by atoms with Gasteiger partial charge in [-0.05, 0) is 11.8 Å². The monoisotopic (exact) mass is 219 g/mol. The van der Waals surface area contributed by atoms with Gasteiger partial charge < -0.3 is 5.11 Å². The van der Waals surface area contributed by atoms with Gasteiger partial charge in [0.05, 0.1) is 0 Å². The molecular formula is C12H10ClNO. The Bertz CT molecular complexity index is 436. The van der Waals surface area contributed by atoms with E-state index < -0.39 is 0 Å². The molecule has 1 aromatic carbocycles. The van der Waals surface area contributed by atoms with E-state index >= 15 is 0 Å². The number of nitrogens with zero attached hydrogens (tertiary/aromatic N) is 1. The Labute approximate surface area is 93.4 Å². The Morgan fingerprint density at radius 1 is 1.13 bits per heavy atom. The third-order valence-electron chi connectivity index (χ3n) is 2.07. The van der Waals surface area contributed by atoms with Crippen LogP contribution in [0.5, 0.6) is 5.75 Å². The van der Waals surface area contributed by atoms with Crippen molar-refractivity contribution in [1.82, 2.24) is 0 Å². The highest BCUT2D eigenvalue weighted by Crippen LogP contribution is 2.10. The number of pyridine rings is 1. The molecule has 1 heterocycles. The van der Waals surface area contributed by atoms with E-state index in [1.807, 2.05) is 30.3 Å². The van der Waals surface area contributed by atoms with Crippen molar-refractivity contribution in [3.8, 4) is 5.75 Å². The molecule has 0 unspecified atom stereocenters. The lowest BCUT2D eigenvalue weighted by Gasteiger charge is -2.04. The molecule has 2 rings (SSSR count). The highest BCUT2D eigenvalue weighted by atomic mass is 35.5. The highest BCUT2D eigenvalue weighted by molar-refractivity contribution is 6.30. The molecule has 2 nitrogen and oxygen atoms in total. The Morgan fingerprint density at radius 2 is 1.87 bits per heavy atom. The average Bonchev–Trinajstić information content (AvgIpc) is 2.17. The minimum atomic E-state index is -0.0709. The van der Waals surface area contributed by atoms with E-state index in [1.54, 1.807) is 17.0 Å². The van der Waals surface area contributed by atoms with Gasteiger partial charge in [0.1, 0.15) is 5.02 Å². The van der Waals surface area contributed by atoms with Gasteiger partial charge in [-0.1, -0.05) is 41.9 Å². The topological polar surface area (TPSA) is 26.9 Å². The maximum absolute atomic E-state index is 11.2. The Morgan fingerprint density at radius 3 is 2.53 bits per heavy atom. The quantitative estimate of drug-likeness (QED) is 0.707. The Balaban J connectivity index is 2.25. The molecule has 0 saturated carbocycles. The molecule has 0 aliphatic heterocycles. The van der Waals surface area contributed by atoms with E-state index in [2.05, 4.69) is 0 Å². The van der Waals surface area contributed by atoms with Crippen molar-refractivity contribution in [3.05, 3.63) is 59.4 Å². The van der Waals surface area contributed by atoms with Crippen LogP contribution in [-0.4, -0.2) is 0 Å². The standard InChI is InChI=1S/C12H10ClNO/c13-11-6-12(15)9-14(8-11)7-10-4-2-1-3-5-10/h1-6,8-9H,7H2. The van der Waals surface area contributed by atoms with Crippen molar-refractivity contribution in [2.24, 2.45) is 0 Å². The van der Waals surface area contributed by atoms with Crippen molar-refractivity contribution in [1.29, 1.82) is 0 Å². The van der Waals surface area contributed by atoms with E-state index in [1.165, 1.54) is 6.07 Å². The summed E-state index contributed by atoms with van der Waals surface area (Å²) in [7, 11) is 0. The van der Waals surface area contributed by atoms with E-state index in [9.17, 15) is 5.11 Å². The maximum Gasteiger partial charge on any atom is 0.187 e. The fourth-order valence-corrected chi connectivity index (χ4v) is 1.69. The SMILES string of the molecule is [O-]c1cc(Cl)c[n+](Cc2ccccc2)c1. The second-order valence-corrected chi connectivity index (χ2v) is 3.78. The number of benzene rings is 1. The van der Waals surface area contributed by atoms with Gasteiger partial charge in [-0.15, -0.1) is 0 Å². The molecule has 0 radical (unpaired) electrons. The van der Waals surface area contributed by atoms with Crippen LogP contribution in [0.4, 0.5) is 0 Å². The summed E-state index contributed by atoms with van der Waals surface area (Å²) in [6, 6.07) is 11.3. The largest absolute Gasteiger partial charge is 0.868 e. The van der Waals surface area contributed by atoms with Crippen LogP contribution in [0.1, 0.15) is 5.56 Å². The van der Waals surface area contributed by atoms with Gasteiger partial charge >= 0.3 is 0 Å². The van der Waals surface area contributed by atoms with Gasteiger partial charge in [0, 0.05) is 5.56 Å². The van der Waals surface area contributed by atoms with Gasteiger partial charge in [0.2, 0.25) is 0 Å². The summed E-state index contributed by atoms with van der Waals surface area (Å²) >= 11 is 5.80. The molecule has 76 valence electrons. The maximum atomic E-state index is 11.2. The molecule has 0 atom stereocenters. The first kappa shape index (κ1) is 9.99. The van der Waals surface area contributed by atoms with Crippen LogP contribution in [0.2, 0.25) is 5.02 Å². The van der Waals surface area contributed by atoms with Crippen LogP contribution in [0.25, 0.3) is 0 Å². The molecule has 0 amide bonds. The number of hydrogen-bond donors (Lipinski definition) is 0. The van der Waals surface area contributed by atoms with E-state index in [4.69, 9.17) is 11.6 Å². The molecule has 0 aliphatic carbocycles. The third kappa shape index (κ3) is 2.70. The zero-order valence-electron chi connectivity index (χ0n) is 8.06. The van der Waals surface area contributed by atoms with E-state index in [-0.39, 0.29) is 5.75 Å². The molecule has 3 heteroatoms. The molecule has 1 aromatic heterocycles. The van der Waals surface area contributed by atoms with Crippen molar-refractivity contribution < 1.29 is 9.67 Å². The summed E-state index contributed by atoms with van der Waals surface area (Å²) < 4.78 is 1.79. The second kappa shape index (κ2) is 4.32. The molecule has 0 bridgehead atoms. The van der Waals surface area contributed by atoms with Crippen LogP contribution in [0, 0.1) is 0 Å². The second-order valence-electron chi connectivity index (χ2n) is 3.35. The summed E-state index contributed by atoms with van der Waals surface area (Å²) in [5.74, 6) is -0.0709. The summed E-state index contributed by atoms with van der Waals surface area (Å²) in [6.45, 7) is 0.663. The van der Waals surface area contributed by atoms with Gasteiger partial charge in [-0.3, -0.25) is 0 Å². The summed E-state index contributed by atoms with van der Waals surface area (Å²) in [4.78, 5) is 0. The number of aromatic nitrogens is 1. The first-order valence-electron chi connectivity index (χ1n) is 4.64. The molecule has 15 heavy (non-hydrogen) atoms. The third-order valence-corrected chi connectivity index (χ3v) is 2.28. The minimum absolute atomic E-state index is 0.0709. The molecular weight excluding hydrogens is 210 g/mol. The minimum Gasteiger partial charge on any atom is -0.868 e. The highest BCUT2D eigenvalue weighted by Gasteiger charge is 2.03. The fraction of sp³-hybridized carbons (Fsp3) is 0.0833. The lowest BCUT2D eigenvalue weighted by atomic mass is 10.2. The Hall–Kier alpha value is -1.54. The lowest BCUT2D eigenvalue weighted by Crippen LogP contribution is -2.33. The summed E-state index contributed by atoms with van der Waals surface area (Å²) in [6.07, 6.45) is 3.29. The predicted octanol–water partition coefficient (Wildman–Crippen LogP) is 1.75. The molecule has 0 aliphatic rings.